The smallest absolute Gasteiger partial charge is 0.318 e. The Balaban J connectivity index is 1.33. The highest BCUT2D eigenvalue weighted by atomic mass is 35.5. The van der Waals surface area contributed by atoms with Crippen LogP contribution in [-0.2, 0) is 17.8 Å². The van der Waals surface area contributed by atoms with Gasteiger partial charge in [0.2, 0.25) is 5.91 Å². The number of hydrogen-bond donors (Lipinski definition) is 2. The number of aromatic nitrogens is 1. The summed E-state index contributed by atoms with van der Waals surface area (Å²) in [7, 11) is 0. The van der Waals surface area contributed by atoms with Crippen LogP contribution in [0.4, 0.5) is 14.9 Å². The number of carbonyl (C=O) groups excluding carboxylic acids is 2. The summed E-state index contributed by atoms with van der Waals surface area (Å²) in [4.78, 5) is 40.6. The minimum absolute atomic E-state index is 0.0133. The number of rotatable bonds is 5. The molecule has 0 spiro atoms. The van der Waals surface area contributed by atoms with E-state index in [0.29, 0.717) is 25.3 Å². The maximum absolute atomic E-state index is 13.5. The van der Waals surface area contributed by atoms with Crippen molar-refractivity contribution in [2.75, 3.05) is 18.4 Å². The third-order valence-electron chi connectivity index (χ3n) is 6.85. The number of likely N-dealkylation sites (tertiary alicyclic amines) is 1. The molecule has 7 nitrogen and oxygen atoms in total. The van der Waals surface area contributed by atoms with Gasteiger partial charge >= 0.3 is 6.03 Å². The van der Waals surface area contributed by atoms with E-state index < -0.39 is 17.8 Å². The van der Waals surface area contributed by atoms with Gasteiger partial charge in [-0.15, -0.1) is 0 Å². The number of benzene rings is 2. The Kier molecular flexibility index (Phi) is 6.78. The molecule has 2 bridgehead atoms. The quantitative estimate of drug-likeness (QED) is 0.546. The zero-order valence-electron chi connectivity index (χ0n) is 19.5. The summed E-state index contributed by atoms with van der Waals surface area (Å²) in [5.74, 6) is -0.767. The third kappa shape index (κ3) is 5.14. The van der Waals surface area contributed by atoms with Crippen molar-refractivity contribution in [3.05, 3.63) is 99.2 Å². The van der Waals surface area contributed by atoms with Crippen molar-refractivity contribution < 1.29 is 14.0 Å². The van der Waals surface area contributed by atoms with Crippen LogP contribution in [0.2, 0.25) is 5.02 Å². The third-order valence-corrected chi connectivity index (χ3v) is 7.14. The Morgan fingerprint density at radius 2 is 1.83 bits per heavy atom. The summed E-state index contributed by atoms with van der Waals surface area (Å²) < 4.78 is 15.4. The second-order valence-corrected chi connectivity index (χ2v) is 9.82. The number of nitrogens with zero attached hydrogens (tertiary/aromatic N) is 2. The number of pyridine rings is 1. The van der Waals surface area contributed by atoms with Crippen molar-refractivity contribution in [3.63, 3.8) is 0 Å². The van der Waals surface area contributed by atoms with E-state index in [1.165, 1.54) is 18.2 Å². The van der Waals surface area contributed by atoms with Crippen LogP contribution in [0, 0.1) is 11.7 Å². The lowest BCUT2D eigenvalue weighted by molar-refractivity contribution is -0.118. The molecule has 1 aromatic heterocycles. The maximum atomic E-state index is 13.5. The van der Waals surface area contributed by atoms with Gasteiger partial charge in [0, 0.05) is 49.4 Å². The van der Waals surface area contributed by atoms with E-state index in [9.17, 15) is 18.8 Å². The SMILES string of the molecule is O=C(Nc1ccc(F)c(Cl)c1)[C@H](Cc1ccccc1)NC(=O)N1C[C@@H]2C[C@@H](C1)c1cccc(=O)n1C2. The van der Waals surface area contributed by atoms with E-state index >= 15 is 0 Å². The fraction of sp³-hybridized carbons (Fsp3) is 0.296. The lowest BCUT2D eigenvalue weighted by atomic mass is 9.83. The van der Waals surface area contributed by atoms with Crippen LogP contribution >= 0.6 is 11.6 Å². The summed E-state index contributed by atoms with van der Waals surface area (Å²) in [6, 6.07) is 17.4. The molecule has 2 N–H and O–H groups in total. The predicted molar refractivity (Wildman–Crippen MR) is 136 cm³/mol. The van der Waals surface area contributed by atoms with Gasteiger partial charge in [0.25, 0.3) is 5.56 Å². The normalized spacial score (nSPS) is 19.2. The molecule has 186 valence electrons. The van der Waals surface area contributed by atoms with Crippen LogP contribution in [0.15, 0.2) is 71.5 Å². The molecule has 3 aromatic rings. The minimum atomic E-state index is -0.861. The average Bonchev–Trinajstić information content (AvgIpc) is 2.87. The first kappa shape index (κ1) is 24.1. The zero-order chi connectivity index (χ0) is 25.2. The number of nitrogens with one attached hydrogen (secondary N) is 2. The molecule has 9 heteroatoms. The van der Waals surface area contributed by atoms with E-state index in [4.69, 9.17) is 11.6 Å². The molecule has 0 aliphatic carbocycles. The second kappa shape index (κ2) is 10.1. The van der Waals surface area contributed by atoms with E-state index in [1.54, 1.807) is 17.0 Å². The van der Waals surface area contributed by atoms with Crippen molar-refractivity contribution in [3.8, 4) is 0 Å². The Morgan fingerprint density at radius 3 is 2.61 bits per heavy atom. The van der Waals surface area contributed by atoms with Crippen molar-refractivity contribution in [2.45, 2.75) is 31.3 Å². The number of anilines is 1. The number of fused-ring (bicyclic) bond motifs is 4. The van der Waals surface area contributed by atoms with E-state index in [2.05, 4.69) is 10.6 Å². The number of amides is 3. The predicted octanol–water partition coefficient (Wildman–Crippen LogP) is 4.02. The van der Waals surface area contributed by atoms with Gasteiger partial charge in [-0.2, -0.15) is 0 Å². The average molecular weight is 509 g/mol. The molecule has 36 heavy (non-hydrogen) atoms. The molecular weight excluding hydrogens is 483 g/mol. The van der Waals surface area contributed by atoms with Gasteiger partial charge in [-0.25, -0.2) is 9.18 Å². The summed E-state index contributed by atoms with van der Waals surface area (Å²) in [5, 5.41) is 5.54. The largest absolute Gasteiger partial charge is 0.326 e. The van der Waals surface area contributed by atoms with Crippen LogP contribution in [0.3, 0.4) is 0 Å². The Bertz CT molecular complexity index is 1350. The first-order chi connectivity index (χ1) is 17.4. The summed E-state index contributed by atoms with van der Waals surface area (Å²) in [6.07, 6.45) is 1.21. The molecule has 2 aromatic carbocycles. The van der Waals surface area contributed by atoms with Crippen LogP contribution in [-0.4, -0.2) is 40.5 Å². The first-order valence-corrected chi connectivity index (χ1v) is 12.3. The molecule has 0 radical (unpaired) electrons. The molecule has 2 aliphatic heterocycles. The monoisotopic (exact) mass is 508 g/mol. The molecular formula is C27H26ClFN4O3. The number of halogens is 2. The molecule has 2 aliphatic rings. The molecule has 1 saturated heterocycles. The van der Waals surface area contributed by atoms with Gasteiger partial charge in [-0.3, -0.25) is 9.59 Å². The Labute approximate surface area is 212 Å². The minimum Gasteiger partial charge on any atom is -0.326 e. The highest BCUT2D eigenvalue weighted by Crippen LogP contribution is 2.35. The molecule has 1 fully saturated rings. The second-order valence-electron chi connectivity index (χ2n) is 9.41. The molecule has 3 heterocycles. The number of piperidine rings is 1. The van der Waals surface area contributed by atoms with Crippen molar-refractivity contribution in [2.24, 2.45) is 5.92 Å². The molecule has 3 amide bonds. The van der Waals surface area contributed by atoms with Crippen molar-refractivity contribution in [1.29, 1.82) is 0 Å². The maximum Gasteiger partial charge on any atom is 0.318 e. The summed E-state index contributed by atoms with van der Waals surface area (Å²) in [6.45, 7) is 1.56. The molecule has 0 unspecified atom stereocenters. The molecule has 0 saturated carbocycles. The number of carbonyl (C=O) groups is 2. The van der Waals surface area contributed by atoms with Crippen molar-refractivity contribution >= 4 is 29.2 Å². The van der Waals surface area contributed by atoms with Crippen LogP contribution in [0.5, 0.6) is 0 Å². The van der Waals surface area contributed by atoms with Crippen molar-refractivity contribution in [1.82, 2.24) is 14.8 Å². The highest BCUT2D eigenvalue weighted by molar-refractivity contribution is 6.31. The lowest BCUT2D eigenvalue weighted by Gasteiger charge is -2.43. The standard InChI is InChI=1S/C27H26ClFN4O3/c28-21-13-20(9-10-22(21)29)30-26(35)23(12-17-5-2-1-3-6-17)31-27(36)32-14-18-11-19(16-32)24-7-4-8-25(34)33(24)15-18/h1-10,13,18-19,23H,11-12,14-16H2,(H,30,35)(H,31,36)/t18-,19-,23-/m0/s1. The van der Waals surface area contributed by atoms with E-state index in [0.717, 1.165) is 17.7 Å². The van der Waals surface area contributed by atoms with Gasteiger partial charge in [-0.1, -0.05) is 48.0 Å². The van der Waals surface area contributed by atoms with Crippen LogP contribution in [0.1, 0.15) is 23.6 Å². The summed E-state index contributed by atoms with van der Waals surface area (Å²) >= 11 is 5.86. The number of hydrogen-bond acceptors (Lipinski definition) is 3. The Hall–Kier alpha value is -3.65. The zero-order valence-corrected chi connectivity index (χ0v) is 20.2. The van der Waals surface area contributed by atoms with Gasteiger partial charge < -0.3 is 20.1 Å². The van der Waals surface area contributed by atoms with Gasteiger partial charge in [0.15, 0.2) is 0 Å². The lowest BCUT2D eigenvalue weighted by Crippen LogP contribution is -2.55. The fourth-order valence-electron chi connectivity index (χ4n) is 5.16. The molecule has 3 atom stereocenters. The molecule has 5 rings (SSSR count). The Morgan fingerprint density at radius 1 is 1.03 bits per heavy atom. The van der Waals surface area contributed by atoms with Gasteiger partial charge in [0.1, 0.15) is 11.9 Å². The van der Waals surface area contributed by atoms with Crippen LogP contribution < -0.4 is 16.2 Å². The van der Waals surface area contributed by atoms with E-state index in [-0.39, 0.29) is 34.9 Å². The first-order valence-electron chi connectivity index (χ1n) is 11.9. The van der Waals surface area contributed by atoms with Crippen LogP contribution in [0.25, 0.3) is 0 Å². The van der Waals surface area contributed by atoms with Gasteiger partial charge in [-0.05, 0) is 42.2 Å². The number of urea groups is 1. The fourth-order valence-corrected chi connectivity index (χ4v) is 5.35. The van der Waals surface area contributed by atoms with Gasteiger partial charge in [0.05, 0.1) is 5.02 Å². The summed E-state index contributed by atoms with van der Waals surface area (Å²) in [5.41, 5.74) is 2.16. The topological polar surface area (TPSA) is 83.4 Å². The highest BCUT2D eigenvalue weighted by Gasteiger charge is 2.37. The van der Waals surface area contributed by atoms with E-state index in [1.807, 2.05) is 41.0 Å².